The third-order valence-corrected chi connectivity index (χ3v) is 6.89. The average Bonchev–Trinajstić information content (AvgIpc) is 3.49. The van der Waals surface area contributed by atoms with E-state index in [0.717, 1.165) is 11.1 Å². The average molecular weight is 654 g/mol. The van der Waals surface area contributed by atoms with Crippen molar-refractivity contribution in [2.75, 3.05) is 19.7 Å². The molecule has 0 saturated heterocycles. The van der Waals surface area contributed by atoms with Gasteiger partial charge in [0.15, 0.2) is 0 Å². The number of imidazole rings is 1. The highest BCUT2D eigenvalue weighted by molar-refractivity contribution is 5.68. The number of aromatic nitrogens is 2. The van der Waals surface area contributed by atoms with E-state index in [-0.39, 0.29) is 13.1 Å². The SMILES string of the molecule is CC(C)(C)OC(=O)N[C@@H](Cc1ccccc1)[C@@H](O)CNCC(O)[C@@H](Cc1ccc(OCCn2ccnc2)cc1)NC(=O)OC(C)(C)C. The molecule has 1 unspecified atom stereocenters. The molecule has 258 valence electrons. The number of nitrogens with zero attached hydrogens (tertiary/aromatic N) is 2. The Kier molecular flexibility index (Phi) is 14.1. The van der Waals surface area contributed by atoms with Crippen LogP contribution in [0.25, 0.3) is 0 Å². The maximum Gasteiger partial charge on any atom is 0.407 e. The lowest BCUT2D eigenvalue weighted by atomic mass is 10.00. The summed E-state index contributed by atoms with van der Waals surface area (Å²) < 4.78 is 18.6. The van der Waals surface area contributed by atoms with E-state index in [1.165, 1.54) is 0 Å². The largest absolute Gasteiger partial charge is 0.492 e. The Morgan fingerprint density at radius 3 is 1.77 bits per heavy atom. The number of rotatable bonds is 16. The second kappa shape index (κ2) is 17.7. The molecule has 1 heterocycles. The molecule has 4 atom stereocenters. The fourth-order valence-corrected chi connectivity index (χ4v) is 4.68. The Hall–Kier alpha value is -4.13. The number of ether oxygens (including phenoxy) is 3. The summed E-state index contributed by atoms with van der Waals surface area (Å²) in [6.07, 6.45) is 2.69. The number of hydrogen-bond acceptors (Lipinski definition) is 9. The monoisotopic (exact) mass is 653 g/mol. The van der Waals surface area contributed by atoms with Gasteiger partial charge in [0.1, 0.15) is 23.6 Å². The fraction of sp³-hybridized carbons (Fsp3) is 0.514. The summed E-state index contributed by atoms with van der Waals surface area (Å²) in [6.45, 7) is 11.9. The zero-order valence-corrected chi connectivity index (χ0v) is 28.3. The van der Waals surface area contributed by atoms with Gasteiger partial charge in [0.05, 0.1) is 37.2 Å². The zero-order chi connectivity index (χ0) is 34.5. The lowest BCUT2D eigenvalue weighted by molar-refractivity contribution is 0.0399. The molecule has 3 rings (SSSR count). The van der Waals surface area contributed by atoms with E-state index in [0.29, 0.717) is 31.7 Å². The van der Waals surface area contributed by atoms with E-state index in [1.807, 2.05) is 65.4 Å². The van der Waals surface area contributed by atoms with Gasteiger partial charge in [-0.3, -0.25) is 0 Å². The lowest BCUT2D eigenvalue weighted by Crippen LogP contribution is -2.53. The Morgan fingerprint density at radius 2 is 1.30 bits per heavy atom. The Morgan fingerprint density at radius 1 is 0.787 bits per heavy atom. The smallest absolute Gasteiger partial charge is 0.407 e. The second-order valence-corrected chi connectivity index (χ2v) is 13.5. The summed E-state index contributed by atoms with van der Waals surface area (Å²) in [5.74, 6) is 0.701. The van der Waals surface area contributed by atoms with E-state index in [2.05, 4.69) is 20.9 Å². The molecule has 0 bridgehead atoms. The Labute approximate surface area is 277 Å². The highest BCUT2D eigenvalue weighted by Crippen LogP contribution is 2.16. The van der Waals surface area contributed by atoms with E-state index in [1.54, 1.807) is 54.1 Å². The summed E-state index contributed by atoms with van der Waals surface area (Å²) in [5, 5.41) is 31.0. The van der Waals surface area contributed by atoms with Gasteiger partial charge in [-0.2, -0.15) is 0 Å². The summed E-state index contributed by atoms with van der Waals surface area (Å²) in [7, 11) is 0. The van der Waals surface area contributed by atoms with Crippen LogP contribution in [0, 0.1) is 0 Å². The van der Waals surface area contributed by atoms with Crippen molar-refractivity contribution in [2.24, 2.45) is 0 Å². The van der Waals surface area contributed by atoms with Crippen LogP contribution in [0.3, 0.4) is 0 Å². The number of aliphatic hydroxyl groups excluding tert-OH is 2. The number of nitrogens with one attached hydrogen (secondary N) is 3. The molecule has 12 nitrogen and oxygen atoms in total. The van der Waals surface area contributed by atoms with Crippen molar-refractivity contribution in [3.05, 3.63) is 84.4 Å². The second-order valence-electron chi connectivity index (χ2n) is 13.5. The number of benzene rings is 2. The van der Waals surface area contributed by atoms with Crippen LogP contribution in [-0.2, 0) is 28.9 Å². The molecule has 0 aliphatic rings. The van der Waals surface area contributed by atoms with Gasteiger partial charge >= 0.3 is 12.2 Å². The van der Waals surface area contributed by atoms with Crippen LogP contribution in [0.1, 0.15) is 52.7 Å². The molecule has 47 heavy (non-hydrogen) atoms. The molecule has 0 spiro atoms. The molecule has 0 aliphatic heterocycles. The molecular formula is C35H51N5O7. The highest BCUT2D eigenvalue weighted by Gasteiger charge is 2.27. The van der Waals surface area contributed by atoms with Crippen LogP contribution in [-0.4, -0.2) is 87.1 Å². The number of alkyl carbamates (subject to hydrolysis) is 2. The van der Waals surface area contributed by atoms with Crippen molar-refractivity contribution in [2.45, 2.75) is 96.4 Å². The normalized spacial score (nSPS) is 14.4. The van der Waals surface area contributed by atoms with Gasteiger partial charge in [-0.25, -0.2) is 14.6 Å². The van der Waals surface area contributed by atoms with E-state index >= 15 is 0 Å². The standard InChI is InChI=1S/C35H51N5O7/c1-34(2,3)46-32(43)38-28(20-25-10-8-7-9-11-25)30(41)22-37-23-31(42)29(39-33(44)47-35(4,5)6)21-26-12-14-27(15-13-26)45-19-18-40-17-16-36-24-40/h7-17,24,28-31,37,41-42H,18-23H2,1-6H3,(H,38,43)(H,39,44)/t28-,29+,30-,31?/m0/s1. The number of aliphatic hydroxyl groups is 2. The summed E-state index contributed by atoms with van der Waals surface area (Å²) in [4.78, 5) is 29.3. The third kappa shape index (κ3) is 14.9. The maximum atomic E-state index is 12.7. The molecule has 12 heteroatoms. The van der Waals surface area contributed by atoms with Crippen molar-refractivity contribution in [3.8, 4) is 5.75 Å². The van der Waals surface area contributed by atoms with E-state index in [4.69, 9.17) is 14.2 Å². The zero-order valence-electron chi connectivity index (χ0n) is 28.3. The number of amides is 2. The van der Waals surface area contributed by atoms with Crippen molar-refractivity contribution >= 4 is 12.2 Å². The lowest BCUT2D eigenvalue weighted by Gasteiger charge is -2.29. The van der Waals surface area contributed by atoms with Crippen LogP contribution < -0.4 is 20.7 Å². The first kappa shape index (κ1) is 37.3. The molecule has 0 radical (unpaired) electrons. The predicted molar refractivity (Wildman–Crippen MR) is 179 cm³/mol. The minimum atomic E-state index is -1.03. The highest BCUT2D eigenvalue weighted by atomic mass is 16.6. The summed E-state index contributed by atoms with van der Waals surface area (Å²) in [6, 6.07) is 15.6. The Bertz CT molecular complexity index is 1340. The van der Waals surface area contributed by atoms with Crippen molar-refractivity contribution in [1.29, 1.82) is 0 Å². The molecule has 0 saturated carbocycles. The quantitative estimate of drug-likeness (QED) is 0.155. The van der Waals surface area contributed by atoms with E-state index < -0.39 is 47.7 Å². The number of hydrogen-bond donors (Lipinski definition) is 5. The van der Waals surface area contributed by atoms with E-state index in [9.17, 15) is 19.8 Å². The molecule has 2 amide bonds. The topological polar surface area (TPSA) is 156 Å². The first-order valence-electron chi connectivity index (χ1n) is 15.9. The van der Waals surface area contributed by atoms with Crippen molar-refractivity contribution in [3.63, 3.8) is 0 Å². The summed E-state index contributed by atoms with van der Waals surface area (Å²) >= 11 is 0. The first-order valence-corrected chi connectivity index (χ1v) is 15.9. The minimum absolute atomic E-state index is 0.0530. The molecule has 3 aromatic rings. The first-order chi connectivity index (χ1) is 22.2. The van der Waals surface area contributed by atoms with Gasteiger partial charge in [0.25, 0.3) is 0 Å². The molecule has 5 N–H and O–H groups in total. The van der Waals surface area contributed by atoms with Crippen molar-refractivity contribution in [1.82, 2.24) is 25.5 Å². The predicted octanol–water partition coefficient (Wildman–Crippen LogP) is 3.85. The van der Waals surface area contributed by atoms with Gasteiger partial charge < -0.3 is 44.9 Å². The van der Waals surface area contributed by atoms with Gasteiger partial charge in [0, 0.05) is 25.5 Å². The minimum Gasteiger partial charge on any atom is -0.492 e. The molecular weight excluding hydrogens is 602 g/mol. The van der Waals surface area contributed by atoms with Crippen LogP contribution in [0.15, 0.2) is 73.3 Å². The number of carbonyl (C=O) groups excluding carboxylic acids is 2. The number of carbonyl (C=O) groups is 2. The van der Waals surface area contributed by atoms with Crippen molar-refractivity contribution < 1.29 is 34.0 Å². The van der Waals surface area contributed by atoms with Crippen LogP contribution >= 0.6 is 0 Å². The summed E-state index contributed by atoms with van der Waals surface area (Å²) in [5.41, 5.74) is 0.395. The van der Waals surface area contributed by atoms with Crippen LogP contribution in [0.2, 0.25) is 0 Å². The van der Waals surface area contributed by atoms with Gasteiger partial charge in [-0.1, -0.05) is 42.5 Å². The third-order valence-electron chi connectivity index (χ3n) is 6.89. The van der Waals surface area contributed by atoms with Crippen LogP contribution in [0.4, 0.5) is 9.59 Å². The maximum absolute atomic E-state index is 12.7. The Balaban J connectivity index is 1.61. The van der Waals surface area contributed by atoms with Crippen LogP contribution in [0.5, 0.6) is 5.75 Å². The fourth-order valence-electron chi connectivity index (χ4n) is 4.68. The van der Waals surface area contributed by atoms with Gasteiger partial charge in [0.2, 0.25) is 0 Å². The van der Waals surface area contributed by atoms with Gasteiger partial charge in [-0.15, -0.1) is 0 Å². The van der Waals surface area contributed by atoms with Gasteiger partial charge in [-0.05, 0) is 77.6 Å². The molecule has 2 aromatic carbocycles. The molecule has 0 aliphatic carbocycles. The molecule has 1 aromatic heterocycles. The molecule has 0 fully saturated rings.